The Morgan fingerprint density at radius 3 is 2.61 bits per heavy atom. The summed E-state index contributed by atoms with van der Waals surface area (Å²) >= 11 is 0. The number of carbonyl (C=O) groups excluding carboxylic acids is 2. The average molecular weight is 440 g/mol. The van der Waals surface area contributed by atoms with Crippen LogP contribution in [-0.2, 0) is 15.8 Å². The molecule has 1 atom stereocenters. The zero-order valence-corrected chi connectivity index (χ0v) is 16.8. The van der Waals surface area contributed by atoms with Crippen LogP contribution >= 0.6 is 0 Å². The Kier molecular flexibility index (Phi) is 8.67. The zero-order chi connectivity index (χ0) is 22.9. The fourth-order valence-corrected chi connectivity index (χ4v) is 2.76. The fraction of sp³-hybridized carbons (Fsp3) is 0.421. The smallest absolute Gasteiger partial charge is 0.286 e. The monoisotopic (exact) mass is 440 g/mol. The highest BCUT2D eigenvalue weighted by Crippen LogP contribution is 2.34. The van der Waals surface area contributed by atoms with Crippen LogP contribution in [0.1, 0.15) is 38.2 Å². The molecule has 2 amide bonds. The van der Waals surface area contributed by atoms with Crippen molar-refractivity contribution in [3.8, 4) is 11.4 Å². The van der Waals surface area contributed by atoms with E-state index in [9.17, 15) is 28.0 Å². The second-order valence-electron chi connectivity index (χ2n) is 6.72. The van der Waals surface area contributed by atoms with Gasteiger partial charge in [0, 0.05) is 24.2 Å². The van der Waals surface area contributed by atoms with Gasteiger partial charge in [-0.05, 0) is 18.6 Å². The van der Waals surface area contributed by atoms with E-state index in [0.717, 1.165) is 12.8 Å². The number of halogens is 3. The van der Waals surface area contributed by atoms with Crippen LogP contribution in [0.2, 0.25) is 0 Å². The van der Waals surface area contributed by atoms with E-state index in [-0.39, 0.29) is 18.8 Å². The highest BCUT2D eigenvalue weighted by molar-refractivity contribution is 5.80. The van der Waals surface area contributed by atoms with Gasteiger partial charge < -0.3 is 0 Å². The van der Waals surface area contributed by atoms with E-state index in [1.165, 1.54) is 24.5 Å². The maximum Gasteiger partial charge on any atom is 0.421 e. The minimum absolute atomic E-state index is 0.00846. The van der Waals surface area contributed by atoms with Gasteiger partial charge in [0.25, 0.3) is 0 Å². The zero-order valence-electron chi connectivity index (χ0n) is 16.8. The van der Waals surface area contributed by atoms with Crippen molar-refractivity contribution in [2.75, 3.05) is 12.0 Å². The number of aromatic nitrogens is 3. The molecule has 9 nitrogen and oxygen atoms in total. The number of unbranched alkanes of at least 4 members (excludes halogenated alkanes) is 2. The molecule has 0 bridgehead atoms. The number of rotatable bonds is 11. The number of nitrogens with one attached hydrogen (secondary N) is 2. The quantitative estimate of drug-likeness (QED) is 0.213. The van der Waals surface area contributed by atoms with Crippen LogP contribution in [0.15, 0.2) is 30.7 Å². The first-order valence-corrected chi connectivity index (χ1v) is 9.57. The normalized spacial score (nSPS) is 12.2. The molecule has 3 N–H and O–H groups in total. The maximum absolute atomic E-state index is 13.4. The molecule has 0 fully saturated rings. The maximum atomic E-state index is 13.4. The molecule has 2 rings (SSSR count). The summed E-state index contributed by atoms with van der Waals surface area (Å²) in [7, 11) is 0. The molecule has 2 aromatic rings. The second-order valence-corrected chi connectivity index (χ2v) is 6.72. The number of anilines is 1. The molecular weight excluding hydrogens is 417 g/mol. The third-order valence-corrected chi connectivity index (χ3v) is 4.39. The first kappa shape index (κ1) is 24.0. The van der Waals surface area contributed by atoms with Crippen molar-refractivity contribution in [3.05, 3.63) is 36.3 Å². The number of hydroxylamine groups is 2. The van der Waals surface area contributed by atoms with E-state index in [0.29, 0.717) is 29.7 Å². The van der Waals surface area contributed by atoms with Crippen molar-refractivity contribution in [1.29, 1.82) is 0 Å². The topological polar surface area (TPSA) is 120 Å². The molecule has 2 aromatic heterocycles. The first-order chi connectivity index (χ1) is 14.8. The van der Waals surface area contributed by atoms with Crippen molar-refractivity contribution in [2.45, 2.75) is 38.8 Å². The fourth-order valence-electron chi connectivity index (χ4n) is 2.76. The predicted octanol–water partition coefficient (Wildman–Crippen LogP) is 3.04. The SMILES string of the molecule is CCCCC[C@H](CN(O)C=O)C(=O)NNc1nc(-c2ccncc2)ncc1C(F)(F)F. The van der Waals surface area contributed by atoms with E-state index in [1.54, 1.807) is 0 Å². The largest absolute Gasteiger partial charge is 0.421 e. The van der Waals surface area contributed by atoms with Gasteiger partial charge in [-0.15, -0.1) is 0 Å². The first-order valence-electron chi connectivity index (χ1n) is 9.57. The van der Waals surface area contributed by atoms with Gasteiger partial charge in [-0.25, -0.2) is 15.0 Å². The van der Waals surface area contributed by atoms with Crippen molar-refractivity contribution in [1.82, 2.24) is 25.4 Å². The summed E-state index contributed by atoms with van der Waals surface area (Å²) in [5.41, 5.74) is 3.70. The summed E-state index contributed by atoms with van der Waals surface area (Å²) in [5, 5.41) is 9.75. The number of hydrogen-bond donors (Lipinski definition) is 3. The summed E-state index contributed by atoms with van der Waals surface area (Å²) in [4.78, 5) is 34.7. The highest BCUT2D eigenvalue weighted by Gasteiger charge is 2.35. The summed E-state index contributed by atoms with van der Waals surface area (Å²) in [6, 6.07) is 3.06. The number of carbonyl (C=O) groups is 2. The third kappa shape index (κ3) is 7.17. The Bertz CT molecular complexity index is 867. The van der Waals surface area contributed by atoms with Crippen molar-refractivity contribution in [2.24, 2.45) is 5.92 Å². The molecule has 31 heavy (non-hydrogen) atoms. The van der Waals surface area contributed by atoms with Crippen molar-refractivity contribution in [3.63, 3.8) is 0 Å². The van der Waals surface area contributed by atoms with Crippen molar-refractivity contribution >= 4 is 18.1 Å². The second kappa shape index (κ2) is 11.2. The van der Waals surface area contributed by atoms with Gasteiger partial charge in [0.2, 0.25) is 12.3 Å². The lowest BCUT2D eigenvalue weighted by molar-refractivity contribution is -0.154. The Balaban J connectivity index is 2.21. The molecule has 0 aromatic carbocycles. The van der Waals surface area contributed by atoms with Crippen LogP contribution in [0.4, 0.5) is 19.0 Å². The van der Waals surface area contributed by atoms with E-state index >= 15 is 0 Å². The molecule has 2 heterocycles. The average Bonchev–Trinajstić information content (AvgIpc) is 2.76. The molecule has 0 aliphatic heterocycles. The Morgan fingerprint density at radius 1 is 1.29 bits per heavy atom. The van der Waals surface area contributed by atoms with Gasteiger partial charge in [-0.2, -0.15) is 13.2 Å². The summed E-state index contributed by atoms with van der Waals surface area (Å²) in [6.07, 6.45) is 1.60. The number of hydrazine groups is 1. The highest BCUT2D eigenvalue weighted by atomic mass is 19.4. The summed E-state index contributed by atoms with van der Waals surface area (Å²) in [6.45, 7) is 1.67. The van der Waals surface area contributed by atoms with Gasteiger partial charge in [0.05, 0.1) is 12.5 Å². The number of amides is 2. The Hall–Kier alpha value is -3.28. The number of hydrogen-bond acceptors (Lipinski definition) is 7. The number of alkyl halides is 3. The Labute approximate surface area is 176 Å². The lowest BCUT2D eigenvalue weighted by atomic mass is 10.0. The van der Waals surface area contributed by atoms with E-state index < -0.39 is 29.4 Å². The van der Waals surface area contributed by atoms with Gasteiger partial charge in [0.1, 0.15) is 5.56 Å². The lowest BCUT2D eigenvalue weighted by Gasteiger charge is -2.21. The van der Waals surface area contributed by atoms with Crippen molar-refractivity contribution < 1.29 is 28.0 Å². The molecule has 0 saturated carbocycles. The molecule has 0 aliphatic rings. The van der Waals surface area contributed by atoms with E-state index in [2.05, 4.69) is 25.8 Å². The summed E-state index contributed by atoms with van der Waals surface area (Å²) in [5.74, 6) is -2.14. The molecular formula is C19H23F3N6O3. The van der Waals surface area contributed by atoms with Crippen LogP contribution in [0.5, 0.6) is 0 Å². The Morgan fingerprint density at radius 2 is 2.00 bits per heavy atom. The minimum Gasteiger partial charge on any atom is -0.286 e. The predicted molar refractivity (Wildman–Crippen MR) is 104 cm³/mol. The number of nitrogens with zero attached hydrogens (tertiary/aromatic N) is 4. The lowest BCUT2D eigenvalue weighted by Crippen LogP contribution is -2.40. The standard InChI is InChI=1S/C19H23F3N6O3/c1-2-3-4-5-14(11-28(31)12-29)18(30)27-26-17-15(19(20,21)22)10-24-16(25-17)13-6-8-23-9-7-13/h6-10,12,14,31H,2-5,11H2,1H3,(H,27,30)(H,24,25,26)/t14-/m1/s1. The molecule has 0 aliphatic carbocycles. The van der Waals surface area contributed by atoms with E-state index in [1.807, 2.05) is 6.92 Å². The summed E-state index contributed by atoms with van der Waals surface area (Å²) < 4.78 is 40.1. The molecule has 0 radical (unpaired) electrons. The van der Waals surface area contributed by atoms with Crippen LogP contribution in [0, 0.1) is 5.92 Å². The molecule has 0 saturated heterocycles. The van der Waals surface area contributed by atoms with Gasteiger partial charge in [-0.1, -0.05) is 26.2 Å². The molecule has 168 valence electrons. The van der Waals surface area contributed by atoms with Gasteiger partial charge in [-0.3, -0.25) is 30.6 Å². The molecule has 12 heteroatoms. The van der Waals surface area contributed by atoms with Gasteiger partial charge >= 0.3 is 6.18 Å². The van der Waals surface area contributed by atoms with Crippen LogP contribution in [-0.4, -0.2) is 44.1 Å². The molecule has 0 spiro atoms. The third-order valence-electron chi connectivity index (χ3n) is 4.39. The van der Waals surface area contributed by atoms with Crippen LogP contribution < -0.4 is 10.9 Å². The minimum atomic E-state index is -4.76. The van der Waals surface area contributed by atoms with Crippen LogP contribution in [0.25, 0.3) is 11.4 Å². The van der Waals surface area contributed by atoms with Crippen LogP contribution in [0.3, 0.4) is 0 Å². The molecule has 0 unspecified atom stereocenters. The van der Waals surface area contributed by atoms with E-state index in [4.69, 9.17) is 0 Å². The number of pyridine rings is 1. The van der Waals surface area contributed by atoms with Gasteiger partial charge in [0.15, 0.2) is 11.6 Å².